The van der Waals surface area contributed by atoms with Crippen molar-refractivity contribution < 1.29 is 69.7 Å². The fourth-order valence-corrected chi connectivity index (χ4v) is 8.55. The lowest BCUT2D eigenvalue weighted by molar-refractivity contribution is -0.173. The maximum Gasteiger partial charge on any atom is 0.494 e. The van der Waals surface area contributed by atoms with Crippen LogP contribution >= 0.6 is 11.6 Å². The van der Waals surface area contributed by atoms with Crippen molar-refractivity contribution in [3.8, 4) is 28.3 Å². The minimum Gasteiger partial charge on any atom is -0.489 e. The van der Waals surface area contributed by atoms with E-state index >= 15 is 8.78 Å². The number of aliphatic hydroxyl groups is 1. The molecule has 0 unspecified atom stereocenters. The maximum absolute atomic E-state index is 15.3. The van der Waals surface area contributed by atoms with Crippen LogP contribution in [0, 0.1) is 0 Å². The van der Waals surface area contributed by atoms with E-state index in [1.165, 1.54) is 67.6 Å². The van der Waals surface area contributed by atoms with Gasteiger partial charge >= 0.3 is 36.8 Å². The molecule has 2 saturated heterocycles. The van der Waals surface area contributed by atoms with Gasteiger partial charge in [0, 0.05) is 46.8 Å². The van der Waals surface area contributed by atoms with Gasteiger partial charge < -0.3 is 39.2 Å². The Bertz CT molecular complexity index is 2990. The summed E-state index contributed by atoms with van der Waals surface area (Å²) in [4.78, 5) is 45.1. The van der Waals surface area contributed by atoms with Crippen molar-refractivity contribution in [2.24, 2.45) is 0 Å². The summed E-state index contributed by atoms with van der Waals surface area (Å²) in [7, 11) is -0.634. The summed E-state index contributed by atoms with van der Waals surface area (Å²) >= 11 is 6.38. The Morgan fingerprint density at radius 1 is 0.734 bits per heavy atom. The SMILES string of the molecule is CCOC(=O)C(F)(F)c1ccc(B2OC(C)(C)C(C)(C)O2)cc1.O=C(N[C@H](CN1CCCC1)[C@H](O)c1ccc(OC2CC2)c(Cl)c1)C(F)(F)c1ccc(-c2ccccn2)cc1.O=C(O)C(F)(F)c1ccc(-c2ccccn2)cc1. The number of ether oxygens (including phenoxy) is 2. The molecule has 1 saturated carbocycles. The number of hydrogen-bond acceptors (Lipinski definition) is 11. The van der Waals surface area contributed by atoms with Gasteiger partial charge in [0.2, 0.25) is 0 Å². The molecule has 3 fully saturated rings. The topological polar surface area (TPSA) is 170 Å². The van der Waals surface area contributed by atoms with E-state index in [2.05, 4.69) is 24.9 Å². The molecular weight excluding hydrogens is 1060 g/mol. The van der Waals surface area contributed by atoms with Gasteiger partial charge in [0.15, 0.2) is 0 Å². The van der Waals surface area contributed by atoms with Crippen LogP contribution in [0.3, 0.4) is 0 Å². The van der Waals surface area contributed by atoms with Gasteiger partial charge in [0.25, 0.3) is 5.91 Å². The predicted octanol–water partition coefficient (Wildman–Crippen LogP) is 10.9. The molecule has 2 aromatic heterocycles. The van der Waals surface area contributed by atoms with Gasteiger partial charge in [-0.3, -0.25) is 14.8 Å². The molecule has 1 aliphatic carbocycles. The number of rotatable bonds is 17. The van der Waals surface area contributed by atoms with E-state index in [-0.39, 0.29) is 19.3 Å². The number of carbonyl (C=O) groups is 3. The third kappa shape index (κ3) is 14.7. The van der Waals surface area contributed by atoms with Crippen LogP contribution < -0.4 is 15.5 Å². The van der Waals surface area contributed by atoms with Gasteiger partial charge in [-0.05, 0) is 121 Å². The number of carboxylic acid groups (broad SMARTS) is 1. The molecule has 6 aromatic rings. The first-order chi connectivity index (χ1) is 37.3. The van der Waals surface area contributed by atoms with Crippen LogP contribution in [0.2, 0.25) is 5.02 Å². The van der Waals surface area contributed by atoms with Gasteiger partial charge in [-0.2, -0.15) is 26.3 Å². The zero-order chi connectivity index (χ0) is 57.3. The van der Waals surface area contributed by atoms with Crippen molar-refractivity contribution in [1.82, 2.24) is 20.2 Å². The van der Waals surface area contributed by atoms with Crippen LogP contribution in [0.25, 0.3) is 22.5 Å². The van der Waals surface area contributed by atoms with Crippen molar-refractivity contribution in [2.45, 2.75) is 108 Å². The smallest absolute Gasteiger partial charge is 0.489 e. The average molecular weight is 1120 g/mol. The zero-order valence-corrected chi connectivity index (χ0v) is 44.7. The number of hydrogen-bond donors (Lipinski definition) is 3. The summed E-state index contributed by atoms with van der Waals surface area (Å²) in [5.41, 5.74) is 1.23. The molecule has 9 rings (SSSR count). The van der Waals surface area contributed by atoms with Crippen LogP contribution in [0.4, 0.5) is 26.3 Å². The number of benzene rings is 4. The van der Waals surface area contributed by atoms with Crippen LogP contribution in [0.1, 0.15) is 88.7 Å². The monoisotopic (exact) mass is 1120 g/mol. The first-order valence-electron chi connectivity index (χ1n) is 25.6. The van der Waals surface area contributed by atoms with Gasteiger partial charge in [-0.25, -0.2) is 9.59 Å². The normalized spacial score (nSPS) is 16.8. The number of likely N-dealkylation sites (tertiary alicyclic amines) is 1. The second-order valence-corrected chi connectivity index (χ2v) is 20.5. The van der Waals surface area contributed by atoms with Gasteiger partial charge in [-0.15, -0.1) is 0 Å². The van der Waals surface area contributed by atoms with E-state index in [0.717, 1.165) is 50.9 Å². The van der Waals surface area contributed by atoms with Crippen LogP contribution in [0.15, 0.2) is 140 Å². The molecule has 1 amide bonds. The standard InChI is InChI=1S/C29H30ClF2N3O3.C16H21BF2O4.C13H9F2NO2/c30-23-17-20(8-13-26(23)38-22-11-12-22)27(36)25(18-35-15-3-4-16-35)34-28(37)29(31,32)21-9-6-19(7-10-21)24-5-1-2-14-33-24;1-6-21-13(20)16(18,19)11-7-9-12(10-8-11)17-22-14(2,3)15(4,5)23-17;14-13(15,12(17)18)10-6-4-9(5-7-10)11-3-1-2-8-16-11/h1-2,5-10,13-14,17,22,25,27,36H,3-4,11-12,15-16,18H2,(H,34,37);7-10H,6H2,1-5H3;1-8H,(H,17,18)/t25-,27-;;/m1../s1. The summed E-state index contributed by atoms with van der Waals surface area (Å²) < 4.78 is 107. The molecule has 4 heterocycles. The van der Waals surface area contributed by atoms with Crippen LogP contribution in [0.5, 0.6) is 5.75 Å². The maximum atomic E-state index is 15.3. The van der Waals surface area contributed by atoms with Gasteiger partial charge in [-0.1, -0.05) is 103 Å². The number of aromatic nitrogens is 2. The Labute approximate surface area is 459 Å². The largest absolute Gasteiger partial charge is 0.494 e. The van der Waals surface area contributed by atoms with E-state index in [1.807, 2.05) is 33.8 Å². The molecule has 0 bridgehead atoms. The molecule has 4 aromatic carbocycles. The van der Waals surface area contributed by atoms with Crippen LogP contribution in [-0.2, 0) is 46.2 Å². The fraction of sp³-hybridized carbons (Fsp3) is 0.362. The summed E-state index contributed by atoms with van der Waals surface area (Å²) in [6.07, 6.45) is 6.05. The van der Waals surface area contributed by atoms with Crippen molar-refractivity contribution in [1.29, 1.82) is 0 Å². The second kappa shape index (κ2) is 25.1. The van der Waals surface area contributed by atoms with Crippen molar-refractivity contribution in [3.63, 3.8) is 0 Å². The summed E-state index contributed by atoms with van der Waals surface area (Å²) in [6.45, 7) is 10.8. The van der Waals surface area contributed by atoms with Gasteiger partial charge in [0.1, 0.15) is 11.9 Å². The lowest BCUT2D eigenvalue weighted by Gasteiger charge is -2.32. The molecule has 418 valence electrons. The minimum atomic E-state index is -3.87. The van der Waals surface area contributed by atoms with Crippen LogP contribution in [-0.4, -0.2) is 99.6 Å². The number of carboxylic acids is 1. The lowest BCUT2D eigenvalue weighted by atomic mass is 9.78. The highest BCUT2D eigenvalue weighted by atomic mass is 35.5. The third-order valence-electron chi connectivity index (χ3n) is 13.8. The number of nitrogens with one attached hydrogen (secondary N) is 1. The molecule has 0 radical (unpaired) electrons. The number of carbonyl (C=O) groups excluding carboxylic acids is 2. The lowest BCUT2D eigenvalue weighted by Crippen LogP contribution is -2.50. The molecule has 3 N–H and O–H groups in total. The summed E-state index contributed by atoms with van der Waals surface area (Å²) in [5.74, 6) is -16.0. The van der Waals surface area contributed by atoms with E-state index in [9.17, 15) is 37.1 Å². The highest BCUT2D eigenvalue weighted by Crippen LogP contribution is 2.38. The van der Waals surface area contributed by atoms with Crippen molar-refractivity contribution in [2.75, 3.05) is 26.2 Å². The summed E-state index contributed by atoms with van der Waals surface area (Å²) in [5, 5.41) is 22.4. The molecule has 2 atom stereocenters. The average Bonchev–Trinajstić information content (AvgIpc) is 4.15. The number of amides is 1. The van der Waals surface area contributed by atoms with Gasteiger partial charge in [0.05, 0.1) is 46.4 Å². The number of esters is 1. The highest BCUT2D eigenvalue weighted by Gasteiger charge is 2.52. The molecular formula is C58H60BClF6N4O9. The number of halogens is 7. The highest BCUT2D eigenvalue weighted by molar-refractivity contribution is 6.62. The predicted molar refractivity (Wildman–Crippen MR) is 285 cm³/mol. The molecule has 3 aliphatic rings. The Hall–Kier alpha value is -6.84. The molecule has 13 nitrogen and oxygen atoms in total. The molecule has 0 spiro atoms. The zero-order valence-electron chi connectivity index (χ0n) is 44.0. The Morgan fingerprint density at radius 2 is 1.23 bits per heavy atom. The summed E-state index contributed by atoms with van der Waals surface area (Å²) in [6, 6.07) is 30.4. The first kappa shape index (κ1) is 59.8. The Balaban J connectivity index is 0.000000187. The number of aliphatic hydroxyl groups excluding tert-OH is 1. The number of aliphatic carboxylic acids is 1. The number of nitrogens with zero attached hydrogens (tertiary/aromatic N) is 3. The molecule has 79 heavy (non-hydrogen) atoms. The number of pyridine rings is 2. The van der Waals surface area contributed by atoms with E-state index in [0.29, 0.717) is 44.3 Å². The number of alkyl halides is 6. The molecule has 2 aliphatic heterocycles. The fourth-order valence-electron chi connectivity index (χ4n) is 8.31. The minimum absolute atomic E-state index is 0.0968. The quantitative estimate of drug-likeness (QED) is 0.0450. The Morgan fingerprint density at radius 3 is 1.68 bits per heavy atom. The molecule has 21 heteroatoms. The second-order valence-electron chi connectivity index (χ2n) is 20.1. The van der Waals surface area contributed by atoms with E-state index < -0.39 is 82.8 Å². The third-order valence-corrected chi connectivity index (χ3v) is 14.1. The van der Waals surface area contributed by atoms with Crippen molar-refractivity contribution >= 4 is 42.0 Å². The Kier molecular flexibility index (Phi) is 19.0. The van der Waals surface area contributed by atoms with E-state index in [4.69, 9.17) is 30.8 Å². The van der Waals surface area contributed by atoms with E-state index in [1.54, 1.807) is 60.9 Å². The first-order valence-corrected chi connectivity index (χ1v) is 25.9. The van der Waals surface area contributed by atoms with Crippen molar-refractivity contribution in [3.05, 3.63) is 167 Å².